The van der Waals surface area contributed by atoms with Crippen molar-refractivity contribution in [3.63, 3.8) is 0 Å². The molecule has 3 aromatic carbocycles. The molecule has 3 N–H and O–H groups in total. The second-order valence-electron chi connectivity index (χ2n) is 8.23. The zero-order valence-corrected chi connectivity index (χ0v) is 19.1. The van der Waals surface area contributed by atoms with Crippen LogP contribution in [0.15, 0.2) is 72.8 Å². The first-order valence-electron chi connectivity index (χ1n) is 11.6. The number of rotatable bonds is 9. The van der Waals surface area contributed by atoms with E-state index in [0.29, 0.717) is 36.0 Å². The molecule has 35 heavy (non-hydrogen) atoms. The molecule has 0 aliphatic carbocycles. The fraction of sp³-hybridized carbons (Fsp3) is 0.231. The molecule has 178 valence electrons. The summed E-state index contributed by atoms with van der Waals surface area (Å²) in [5.74, 6) is 1.57. The molecule has 9 heteroatoms. The van der Waals surface area contributed by atoms with Crippen LogP contribution in [0.4, 0.5) is 11.4 Å². The number of aromatic nitrogens is 4. The van der Waals surface area contributed by atoms with Gasteiger partial charge in [0.25, 0.3) is 5.91 Å². The van der Waals surface area contributed by atoms with Crippen molar-refractivity contribution in [3.8, 4) is 11.5 Å². The summed E-state index contributed by atoms with van der Waals surface area (Å²) < 4.78 is 11.9. The molecule has 1 amide bonds. The van der Waals surface area contributed by atoms with E-state index in [4.69, 9.17) is 9.47 Å². The van der Waals surface area contributed by atoms with Crippen molar-refractivity contribution >= 4 is 17.3 Å². The Morgan fingerprint density at radius 3 is 2.69 bits per heavy atom. The van der Waals surface area contributed by atoms with Crippen LogP contribution in [-0.4, -0.2) is 39.7 Å². The normalized spacial score (nSPS) is 14.3. The maximum atomic E-state index is 12.9. The third kappa shape index (κ3) is 5.57. The van der Waals surface area contributed by atoms with E-state index in [1.807, 2.05) is 30.3 Å². The number of nitrogens with one attached hydrogen (secondary N) is 3. The summed E-state index contributed by atoms with van der Waals surface area (Å²) >= 11 is 0. The van der Waals surface area contributed by atoms with Gasteiger partial charge < -0.3 is 20.1 Å². The van der Waals surface area contributed by atoms with Crippen LogP contribution < -0.4 is 20.1 Å². The van der Waals surface area contributed by atoms with Gasteiger partial charge in [-0.1, -0.05) is 36.4 Å². The summed E-state index contributed by atoms with van der Waals surface area (Å²) in [6, 6.07) is 23.1. The summed E-state index contributed by atoms with van der Waals surface area (Å²) in [7, 11) is 0. The third-order valence-electron chi connectivity index (χ3n) is 5.76. The highest BCUT2D eigenvalue weighted by Crippen LogP contribution is 2.39. The summed E-state index contributed by atoms with van der Waals surface area (Å²) in [6.45, 7) is 1.15. The first kappa shape index (κ1) is 22.4. The fourth-order valence-corrected chi connectivity index (χ4v) is 3.91. The molecule has 0 radical (unpaired) electrons. The molecule has 1 unspecified atom stereocenters. The van der Waals surface area contributed by atoms with Crippen LogP contribution in [-0.2, 0) is 6.42 Å². The lowest BCUT2D eigenvalue weighted by molar-refractivity contribution is 0.102. The standard InChI is InChI=1S/C26H26N6O3/c33-26(19-12-14-20(15-13-19)34-16-5-4-9-18-7-2-1-3-8-18)28-22-11-6-10-21-24(22)35-23(17-27-21)25-29-31-32-30-25/h1-3,6-8,10-15,23,27H,4-5,9,16-17H2,(H,28,33)(H,29,30,31,32). The lowest BCUT2D eigenvalue weighted by Crippen LogP contribution is -2.25. The zero-order chi connectivity index (χ0) is 23.9. The Morgan fingerprint density at radius 1 is 1.03 bits per heavy atom. The van der Waals surface area contributed by atoms with E-state index in [9.17, 15) is 4.79 Å². The van der Waals surface area contributed by atoms with Crippen LogP contribution in [0.25, 0.3) is 0 Å². The van der Waals surface area contributed by atoms with E-state index in [0.717, 1.165) is 30.7 Å². The average molecular weight is 471 g/mol. The maximum absolute atomic E-state index is 12.9. The van der Waals surface area contributed by atoms with E-state index in [1.165, 1.54) is 5.56 Å². The first-order chi connectivity index (χ1) is 17.3. The molecule has 5 rings (SSSR count). The summed E-state index contributed by atoms with van der Waals surface area (Å²) in [5, 5.41) is 20.1. The Labute approximate surface area is 202 Å². The van der Waals surface area contributed by atoms with E-state index in [2.05, 4.69) is 55.5 Å². The van der Waals surface area contributed by atoms with Crippen molar-refractivity contribution in [1.29, 1.82) is 0 Å². The van der Waals surface area contributed by atoms with Crippen LogP contribution in [0.1, 0.15) is 40.7 Å². The van der Waals surface area contributed by atoms with Gasteiger partial charge in [-0.15, -0.1) is 5.10 Å². The molecule has 1 aliphatic rings. The number of carbonyl (C=O) groups is 1. The second-order valence-corrected chi connectivity index (χ2v) is 8.23. The number of tetrazole rings is 1. The van der Waals surface area contributed by atoms with Crippen LogP contribution in [0, 0.1) is 0 Å². The number of amides is 1. The molecule has 1 atom stereocenters. The van der Waals surface area contributed by atoms with E-state index < -0.39 is 0 Å². The minimum atomic E-state index is -0.389. The van der Waals surface area contributed by atoms with Crippen molar-refractivity contribution in [2.24, 2.45) is 0 Å². The predicted octanol–water partition coefficient (Wildman–Crippen LogP) is 4.40. The Hall–Kier alpha value is -4.40. The Kier molecular flexibility index (Phi) is 6.84. The molecule has 9 nitrogen and oxygen atoms in total. The molecule has 0 bridgehead atoms. The van der Waals surface area contributed by atoms with E-state index in [1.54, 1.807) is 18.2 Å². The third-order valence-corrected chi connectivity index (χ3v) is 5.76. The SMILES string of the molecule is O=C(Nc1cccc2c1OC(c1nnn[nH]1)CN2)c1ccc(OCCCCc2ccccc2)cc1. The number of hydrogen-bond acceptors (Lipinski definition) is 7. The molecule has 4 aromatic rings. The number of nitrogens with zero attached hydrogens (tertiary/aromatic N) is 3. The van der Waals surface area contributed by atoms with Crippen LogP contribution in [0.3, 0.4) is 0 Å². The first-order valence-corrected chi connectivity index (χ1v) is 11.6. The van der Waals surface area contributed by atoms with Gasteiger partial charge in [0.05, 0.1) is 24.5 Å². The minimum Gasteiger partial charge on any atom is -0.494 e. The Balaban J connectivity index is 1.14. The number of hydrogen-bond donors (Lipinski definition) is 3. The molecule has 2 heterocycles. The number of carbonyl (C=O) groups excluding carboxylic acids is 1. The van der Waals surface area contributed by atoms with Crippen molar-refractivity contribution in [1.82, 2.24) is 20.6 Å². The summed E-state index contributed by atoms with van der Waals surface area (Å²) in [5.41, 5.74) is 3.23. The summed E-state index contributed by atoms with van der Waals surface area (Å²) in [6.07, 6.45) is 2.69. The van der Waals surface area contributed by atoms with Gasteiger partial charge >= 0.3 is 0 Å². The molecular weight excluding hydrogens is 444 g/mol. The van der Waals surface area contributed by atoms with E-state index in [-0.39, 0.29) is 12.0 Å². The average Bonchev–Trinajstić information content (AvgIpc) is 3.45. The monoisotopic (exact) mass is 470 g/mol. The van der Waals surface area contributed by atoms with Crippen molar-refractivity contribution in [2.45, 2.75) is 25.4 Å². The predicted molar refractivity (Wildman–Crippen MR) is 132 cm³/mol. The van der Waals surface area contributed by atoms with Gasteiger partial charge in [-0.2, -0.15) is 0 Å². The summed E-state index contributed by atoms with van der Waals surface area (Å²) in [4.78, 5) is 12.9. The maximum Gasteiger partial charge on any atom is 0.255 e. The van der Waals surface area contributed by atoms with Gasteiger partial charge in [0.1, 0.15) is 5.75 Å². The Bertz CT molecular complexity index is 1250. The molecule has 1 aromatic heterocycles. The van der Waals surface area contributed by atoms with Crippen LogP contribution >= 0.6 is 0 Å². The number of H-pyrrole nitrogens is 1. The van der Waals surface area contributed by atoms with E-state index >= 15 is 0 Å². The minimum absolute atomic E-state index is 0.236. The van der Waals surface area contributed by atoms with Gasteiger partial charge in [-0.05, 0) is 71.7 Å². The number of unbranched alkanes of at least 4 members (excludes halogenated alkanes) is 1. The number of aromatic amines is 1. The van der Waals surface area contributed by atoms with Gasteiger partial charge in [0.2, 0.25) is 0 Å². The number of fused-ring (bicyclic) bond motifs is 1. The lowest BCUT2D eigenvalue weighted by Gasteiger charge is -2.27. The van der Waals surface area contributed by atoms with Gasteiger partial charge in [0, 0.05) is 5.56 Å². The van der Waals surface area contributed by atoms with Gasteiger partial charge in [-0.25, -0.2) is 5.10 Å². The van der Waals surface area contributed by atoms with Crippen molar-refractivity contribution < 1.29 is 14.3 Å². The quantitative estimate of drug-likeness (QED) is 0.311. The fourth-order valence-electron chi connectivity index (χ4n) is 3.91. The van der Waals surface area contributed by atoms with Gasteiger partial charge in [0.15, 0.2) is 17.7 Å². The lowest BCUT2D eigenvalue weighted by atomic mass is 10.1. The highest BCUT2D eigenvalue weighted by molar-refractivity contribution is 6.05. The highest BCUT2D eigenvalue weighted by Gasteiger charge is 2.26. The number of anilines is 2. The van der Waals surface area contributed by atoms with Crippen molar-refractivity contribution in [2.75, 3.05) is 23.8 Å². The highest BCUT2D eigenvalue weighted by atomic mass is 16.5. The number of benzene rings is 3. The van der Waals surface area contributed by atoms with Crippen LogP contribution in [0.2, 0.25) is 0 Å². The molecule has 0 saturated carbocycles. The van der Waals surface area contributed by atoms with Crippen LogP contribution in [0.5, 0.6) is 11.5 Å². The molecular formula is C26H26N6O3. The smallest absolute Gasteiger partial charge is 0.255 e. The largest absolute Gasteiger partial charge is 0.494 e. The number of aryl methyl sites for hydroxylation is 1. The Morgan fingerprint density at radius 2 is 1.89 bits per heavy atom. The number of para-hydroxylation sites is 1. The topological polar surface area (TPSA) is 114 Å². The molecule has 0 saturated heterocycles. The van der Waals surface area contributed by atoms with Gasteiger partial charge in [-0.3, -0.25) is 4.79 Å². The molecule has 0 fully saturated rings. The zero-order valence-electron chi connectivity index (χ0n) is 19.1. The molecule has 0 spiro atoms. The van der Waals surface area contributed by atoms with Crippen molar-refractivity contribution in [3.05, 3.63) is 89.7 Å². The molecule has 1 aliphatic heterocycles. The second kappa shape index (κ2) is 10.7. The number of ether oxygens (including phenoxy) is 2.